The lowest BCUT2D eigenvalue weighted by Gasteiger charge is -2.42. The Balaban J connectivity index is 0. The third-order valence-corrected chi connectivity index (χ3v) is 3.07. The van der Waals surface area contributed by atoms with Gasteiger partial charge in [-0.05, 0) is 6.08 Å². The van der Waals surface area contributed by atoms with Gasteiger partial charge < -0.3 is 16.1 Å². The molecule has 1 amide bonds. The largest absolute Gasteiger partial charge is 0.477 e. The SMILES string of the molecule is Cl.O.O.O=C(O)C1=CCSC2CC(=O)N12. The van der Waals surface area contributed by atoms with Gasteiger partial charge in [0, 0.05) is 5.75 Å². The molecule has 0 aromatic carbocycles. The van der Waals surface area contributed by atoms with Crippen molar-refractivity contribution < 1.29 is 25.6 Å². The van der Waals surface area contributed by atoms with Crippen molar-refractivity contribution in [3.63, 3.8) is 0 Å². The first-order valence-electron chi connectivity index (χ1n) is 3.57. The highest BCUT2D eigenvalue weighted by molar-refractivity contribution is 8.00. The molecule has 0 radical (unpaired) electrons. The van der Waals surface area contributed by atoms with Crippen molar-refractivity contribution in [2.75, 3.05) is 5.75 Å². The maximum atomic E-state index is 11.0. The van der Waals surface area contributed by atoms with Crippen molar-refractivity contribution in [3.05, 3.63) is 11.8 Å². The number of carboxylic acids is 1. The zero-order valence-electron chi connectivity index (χ0n) is 7.60. The van der Waals surface area contributed by atoms with E-state index >= 15 is 0 Å². The molecule has 2 aliphatic rings. The first-order valence-corrected chi connectivity index (χ1v) is 4.62. The summed E-state index contributed by atoms with van der Waals surface area (Å²) >= 11 is 1.60. The number of fused-ring (bicyclic) bond motifs is 1. The summed E-state index contributed by atoms with van der Waals surface area (Å²) in [6.45, 7) is 0. The fourth-order valence-corrected chi connectivity index (χ4v) is 2.45. The van der Waals surface area contributed by atoms with Gasteiger partial charge in [0.2, 0.25) is 5.91 Å². The number of carbonyl (C=O) groups is 2. The number of aliphatic carboxylic acids is 1. The summed E-state index contributed by atoms with van der Waals surface area (Å²) < 4.78 is 0. The molecule has 88 valence electrons. The van der Waals surface area contributed by atoms with Gasteiger partial charge in [0.25, 0.3) is 0 Å². The van der Waals surface area contributed by atoms with Gasteiger partial charge in [-0.3, -0.25) is 9.69 Å². The molecule has 1 saturated heterocycles. The molecule has 5 N–H and O–H groups in total. The van der Waals surface area contributed by atoms with Gasteiger partial charge in [-0.15, -0.1) is 24.2 Å². The van der Waals surface area contributed by atoms with Crippen LogP contribution in [-0.4, -0.2) is 44.0 Å². The molecular weight excluding hydrogens is 246 g/mol. The van der Waals surface area contributed by atoms with E-state index in [4.69, 9.17) is 5.11 Å². The standard InChI is InChI=1S/C7H7NO3S.ClH.2H2O/c9-5-3-6-8(5)4(7(10)11)1-2-12-6;;;/h1,6H,2-3H2,(H,10,11);1H;2*1H2. The predicted octanol–water partition coefficient (Wildman–Crippen LogP) is -0.967. The van der Waals surface area contributed by atoms with Crippen molar-refractivity contribution in [1.82, 2.24) is 4.90 Å². The summed E-state index contributed by atoms with van der Waals surface area (Å²) in [5, 5.41) is 8.78. The molecule has 1 atom stereocenters. The monoisotopic (exact) mass is 257 g/mol. The average molecular weight is 258 g/mol. The topological polar surface area (TPSA) is 121 Å². The molecule has 15 heavy (non-hydrogen) atoms. The van der Waals surface area contributed by atoms with E-state index in [-0.39, 0.29) is 40.3 Å². The van der Waals surface area contributed by atoms with E-state index in [1.807, 2.05) is 0 Å². The zero-order valence-corrected chi connectivity index (χ0v) is 9.23. The van der Waals surface area contributed by atoms with Crippen LogP contribution in [0.1, 0.15) is 6.42 Å². The van der Waals surface area contributed by atoms with Crippen LogP contribution in [-0.2, 0) is 9.59 Å². The minimum absolute atomic E-state index is 0. The quantitative estimate of drug-likeness (QED) is 0.608. The van der Waals surface area contributed by atoms with Crippen LogP contribution >= 0.6 is 24.2 Å². The molecule has 2 heterocycles. The number of carboxylic acid groups (broad SMARTS) is 1. The van der Waals surface area contributed by atoms with Crippen molar-refractivity contribution in [2.24, 2.45) is 0 Å². The summed E-state index contributed by atoms with van der Waals surface area (Å²) in [6.07, 6.45) is 2.07. The van der Waals surface area contributed by atoms with Crippen molar-refractivity contribution >= 4 is 36.0 Å². The second-order valence-electron chi connectivity index (χ2n) is 2.65. The van der Waals surface area contributed by atoms with Crippen LogP contribution in [0.2, 0.25) is 0 Å². The molecule has 2 aliphatic heterocycles. The van der Waals surface area contributed by atoms with Gasteiger partial charge in [-0.25, -0.2) is 4.79 Å². The highest BCUT2D eigenvalue weighted by Crippen LogP contribution is 2.36. The Hall–Kier alpha value is -0.760. The summed E-state index contributed by atoms with van der Waals surface area (Å²) in [5.74, 6) is -0.398. The Morgan fingerprint density at radius 1 is 1.53 bits per heavy atom. The minimum Gasteiger partial charge on any atom is -0.477 e. The van der Waals surface area contributed by atoms with E-state index in [2.05, 4.69) is 0 Å². The molecule has 2 rings (SSSR count). The van der Waals surface area contributed by atoms with Crippen molar-refractivity contribution in [1.29, 1.82) is 0 Å². The average Bonchev–Trinajstić information content (AvgIpc) is 2.01. The zero-order chi connectivity index (χ0) is 8.72. The molecule has 0 aromatic rings. The molecule has 0 aliphatic carbocycles. The Kier molecular flexibility index (Phi) is 6.62. The van der Waals surface area contributed by atoms with E-state index in [0.717, 1.165) is 0 Å². The van der Waals surface area contributed by atoms with Gasteiger partial charge in [-0.1, -0.05) is 0 Å². The van der Waals surface area contributed by atoms with Gasteiger partial charge in [0.1, 0.15) is 5.70 Å². The number of rotatable bonds is 1. The number of nitrogens with zero attached hydrogens (tertiary/aromatic N) is 1. The Morgan fingerprint density at radius 2 is 2.13 bits per heavy atom. The van der Waals surface area contributed by atoms with Gasteiger partial charge >= 0.3 is 5.97 Å². The fourth-order valence-electron chi connectivity index (χ4n) is 1.34. The van der Waals surface area contributed by atoms with Crippen molar-refractivity contribution in [3.8, 4) is 0 Å². The summed E-state index contributed by atoms with van der Waals surface area (Å²) in [5.41, 5.74) is 0.148. The van der Waals surface area contributed by atoms with Crippen LogP contribution in [0.25, 0.3) is 0 Å². The molecular formula is C7H12ClNO5S. The first-order chi connectivity index (χ1) is 5.70. The number of carbonyl (C=O) groups excluding carboxylic acids is 1. The molecule has 0 spiro atoms. The summed E-state index contributed by atoms with van der Waals surface area (Å²) in [4.78, 5) is 23.0. The number of thioether (sulfide) groups is 1. The minimum atomic E-state index is -1.01. The van der Waals surface area contributed by atoms with Crippen LogP contribution in [0.15, 0.2) is 11.8 Å². The fraction of sp³-hybridized carbons (Fsp3) is 0.429. The molecule has 0 aromatic heterocycles. The third-order valence-electron chi connectivity index (χ3n) is 1.95. The Labute approximate surface area is 96.3 Å². The lowest BCUT2D eigenvalue weighted by Crippen LogP contribution is -2.52. The highest BCUT2D eigenvalue weighted by atomic mass is 35.5. The van der Waals surface area contributed by atoms with Gasteiger partial charge in [0.05, 0.1) is 11.8 Å². The van der Waals surface area contributed by atoms with E-state index < -0.39 is 5.97 Å². The van der Waals surface area contributed by atoms with E-state index in [9.17, 15) is 9.59 Å². The van der Waals surface area contributed by atoms with Crippen molar-refractivity contribution in [2.45, 2.75) is 11.8 Å². The highest BCUT2D eigenvalue weighted by Gasteiger charge is 2.42. The van der Waals surface area contributed by atoms with Gasteiger partial charge in [0.15, 0.2) is 0 Å². The molecule has 8 heteroatoms. The van der Waals surface area contributed by atoms with Crippen LogP contribution in [0.4, 0.5) is 0 Å². The normalized spacial score (nSPS) is 21.9. The number of halogens is 1. The lowest BCUT2D eigenvalue weighted by atomic mass is 10.1. The first kappa shape index (κ1) is 16.7. The lowest BCUT2D eigenvalue weighted by molar-refractivity contribution is -0.146. The maximum Gasteiger partial charge on any atom is 0.352 e. The molecule has 1 unspecified atom stereocenters. The summed E-state index contributed by atoms with van der Waals surface area (Å²) in [7, 11) is 0. The Bertz CT molecular complexity index is 295. The van der Waals surface area contributed by atoms with E-state index in [0.29, 0.717) is 12.2 Å². The molecule has 0 saturated carbocycles. The molecule has 1 fully saturated rings. The number of hydrogen-bond acceptors (Lipinski definition) is 3. The van der Waals surface area contributed by atoms with Crippen LogP contribution in [0.5, 0.6) is 0 Å². The smallest absolute Gasteiger partial charge is 0.352 e. The third kappa shape index (κ3) is 2.63. The second kappa shape index (κ2) is 5.96. The number of amides is 1. The van der Waals surface area contributed by atoms with E-state index in [1.165, 1.54) is 4.90 Å². The number of hydrogen-bond donors (Lipinski definition) is 1. The predicted molar refractivity (Wildman–Crippen MR) is 57.9 cm³/mol. The second-order valence-corrected chi connectivity index (χ2v) is 3.86. The maximum absolute atomic E-state index is 11.0. The van der Waals surface area contributed by atoms with Gasteiger partial charge in [-0.2, -0.15) is 0 Å². The summed E-state index contributed by atoms with van der Waals surface area (Å²) in [6, 6.07) is 0. The number of β-lactam (4-membered cyclic amide) rings is 1. The molecule has 6 nitrogen and oxygen atoms in total. The van der Waals surface area contributed by atoms with Crippen LogP contribution < -0.4 is 0 Å². The Morgan fingerprint density at radius 3 is 2.53 bits per heavy atom. The molecule has 0 bridgehead atoms. The van der Waals surface area contributed by atoms with Crippen LogP contribution in [0.3, 0.4) is 0 Å². The van der Waals surface area contributed by atoms with Crippen LogP contribution in [0, 0.1) is 0 Å². The van der Waals surface area contributed by atoms with E-state index in [1.54, 1.807) is 17.8 Å².